The number of anilines is 3. The Labute approximate surface area is 176 Å². The average Bonchev–Trinajstić information content (AvgIpc) is 3.52. The van der Waals surface area contributed by atoms with Crippen molar-refractivity contribution in [1.82, 2.24) is 0 Å². The Morgan fingerprint density at radius 3 is 2.40 bits per heavy atom. The van der Waals surface area contributed by atoms with Gasteiger partial charge in [-0.3, -0.25) is 4.72 Å². The molecule has 8 heteroatoms. The van der Waals surface area contributed by atoms with Gasteiger partial charge in [0.05, 0.1) is 4.75 Å². The minimum Gasteiger partial charge on any atom is -0.487 e. The number of fused-ring (bicyclic) bond motifs is 1. The first-order chi connectivity index (χ1) is 14.3. The third kappa shape index (κ3) is 4.28. The smallest absolute Gasteiger partial charge is 0.238 e. The first-order valence-electron chi connectivity index (χ1n) is 9.97. The molecule has 2 aliphatic rings. The highest BCUT2D eigenvalue weighted by Gasteiger charge is 2.54. The fourth-order valence-corrected chi connectivity index (χ4v) is 4.83. The second-order valence-electron chi connectivity index (χ2n) is 7.19. The Bertz CT molecular complexity index is 1050. The number of benzene rings is 2. The quantitative estimate of drug-likeness (QED) is 0.597. The van der Waals surface area contributed by atoms with Crippen LogP contribution in [0.5, 0.6) is 5.75 Å². The number of rotatable bonds is 2. The molecule has 2 N–H and O–H groups in total. The van der Waals surface area contributed by atoms with Crippen LogP contribution in [-0.4, -0.2) is 19.8 Å². The summed E-state index contributed by atoms with van der Waals surface area (Å²) in [6.07, 6.45) is 4.84. The molecule has 4 rings (SSSR count). The lowest BCUT2D eigenvalue weighted by Gasteiger charge is -2.23. The van der Waals surface area contributed by atoms with Crippen molar-refractivity contribution in [2.45, 2.75) is 44.8 Å². The van der Waals surface area contributed by atoms with Gasteiger partial charge in [-0.15, -0.1) is 0 Å². The Balaban J connectivity index is 0.00000124. The Kier molecular flexibility index (Phi) is 6.36. The van der Waals surface area contributed by atoms with Crippen molar-refractivity contribution >= 4 is 27.1 Å². The van der Waals surface area contributed by atoms with E-state index >= 15 is 0 Å². The van der Waals surface area contributed by atoms with Crippen LogP contribution < -0.4 is 14.8 Å². The van der Waals surface area contributed by atoms with E-state index < -0.39 is 26.4 Å². The normalized spacial score (nSPS) is 19.2. The van der Waals surface area contributed by atoms with E-state index in [0.29, 0.717) is 24.9 Å². The molecule has 0 bridgehead atoms. The molecule has 1 heterocycles. The SMILES string of the molecule is CC.Cc1ccc(Nc2c(F)c(F)cc3c2NS(=O)(=O)C2(C/C=C/CO3)CC2)cc1. The zero-order chi connectivity index (χ0) is 21.9. The van der Waals surface area contributed by atoms with E-state index in [4.69, 9.17) is 4.74 Å². The van der Waals surface area contributed by atoms with Gasteiger partial charge in [-0.25, -0.2) is 17.2 Å². The van der Waals surface area contributed by atoms with Gasteiger partial charge in [0.1, 0.15) is 23.7 Å². The van der Waals surface area contributed by atoms with Crippen LogP contribution in [0, 0.1) is 18.6 Å². The molecule has 1 saturated carbocycles. The van der Waals surface area contributed by atoms with E-state index in [-0.39, 0.29) is 23.7 Å². The van der Waals surface area contributed by atoms with Gasteiger partial charge in [-0.2, -0.15) is 0 Å². The van der Waals surface area contributed by atoms with Crippen LogP contribution in [0.3, 0.4) is 0 Å². The lowest BCUT2D eigenvalue weighted by Crippen LogP contribution is -2.30. The third-order valence-electron chi connectivity index (χ3n) is 5.11. The van der Waals surface area contributed by atoms with Gasteiger partial charge in [0.15, 0.2) is 11.6 Å². The molecule has 0 atom stereocenters. The van der Waals surface area contributed by atoms with Gasteiger partial charge < -0.3 is 10.1 Å². The first kappa shape index (κ1) is 22.1. The lowest BCUT2D eigenvalue weighted by atomic mass is 10.2. The molecule has 2 aromatic rings. The average molecular weight is 437 g/mol. The van der Waals surface area contributed by atoms with Crippen LogP contribution in [0.1, 0.15) is 38.7 Å². The highest BCUT2D eigenvalue weighted by molar-refractivity contribution is 7.94. The van der Waals surface area contributed by atoms with Crippen LogP contribution in [0.15, 0.2) is 42.5 Å². The number of sulfonamides is 1. The zero-order valence-corrected chi connectivity index (χ0v) is 18.1. The van der Waals surface area contributed by atoms with Crippen molar-refractivity contribution in [2.75, 3.05) is 16.6 Å². The Morgan fingerprint density at radius 1 is 1.10 bits per heavy atom. The zero-order valence-electron chi connectivity index (χ0n) is 17.3. The van der Waals surface area contributed by atoms with Gasteiger partial charge in [-0.1, -0.05) is 43.7 Å². The summed E-state index contributed by atoms with van der Waals surface area (Å²) in [7, 11) is -3.82. The molecule has 1 aliphatic heterocycles. The molecule has 1 fully saturated rings. The van der Waals surface area contributed by atoms with Gasteiger partial charge in [0.25, 0.3) is 0 Å². The maximum Gasteiger partial charge on any atom is 0.238 e. The van der Waals surface area contributed by atoms with Crippen LogP contribution >= 0.6 is 0 Å². The summed E-state index contributed by atoms with van der Waals surface area (Å²) >= 11 is 0. The molecule has 1 spiro atoms. The fourth-order valence-electron chi connectivity index (χ4n) is 3.19. The number of halogens is 2. The maximum atomic E-state index is 14.7. The lowest BCUT2D eigenvalue weighted by molar-refractivity contribution is 0.360. The fraction of sp³-hybridized carbons (Fsp3) is 0.364. The summed E-state index contributed by atoms with van der Waals surface area (Å²) in [5.41, 5.74) is 1.07. The molecule has 30 heavy (non-hydrogen) atoms. The molecule has 0 unspecified atom stereocenters. The highest BCUT2D eigenvalue weighted by atomic mass is 32.2. The van der Waals surface area contributed by atoms with Crippen molar-refractivity contribution in [3.05, 3.63) is 59.7 Å². The molecular formula is C22H26F2N2O3S. The third-order valence-corrected chi connectivity index (χ3v) is 7.30. The number of ether oxygens (including phenoxy) is 1. The van der Waals surface area contributed by atoms with Crippen molar-refractivity contribution in [3.8, 4) is 5.75 Å². The standard InChI is InChI=1S/C20H20F2N2O3S.C2H6/c1-13-4-6-14(7-5-13)23-19-17(22)15(21)12-16-18(19)24-28(25,26)20(9-10-20)8-2-3-11-27-16;1-2/h2-7,12,23-24H,8-11H2,1H3;1-2H3/b3-2+;. The first-order valence-corrected chi connectivity index (χ1v) is 11.5. The van der Waals surface area contributed by atoms with E-state index in [9.17, 15) is 17.2 Å². The summed E-state index contributed by atoms with van der Waals surface area (Å²) in [4.78, 5) is 0. The molecule has 0 saturated heterocycles. The monoisotopic (exact) mass is 436 g/mol. The van der Waals surface area contributed by atoms with Gasteiger partial charge in [0, 0.05) is 11.8 Å². The minimum absolute atomic E-state index is 0.0700. The van der Waals surface area contributed by atoms with E-state index in [1.807, 2.05) is 32.9 Å². The summed E-state index contributed by atoms with van der Waals surface area (Å²) in [5.74, 6) is -2.38. The molecule has 0 aromatic heterocycles. The van der Waals surface area contributed by atoms with Crippen LogP contribution in [0.2, 0.25) is 0 Å². The van der Waals surface area contributed by atoms with Crippen LogP contribution in [-0.2, 0) is 10.0 Å². The Morgan fingerprint density at radius 2 is 1.77 bits per heavy atom. The molecule has 0 radical (unpaired) electrons. The van der Waals surface area contributed by atoms with Gasteiger partial charge >= 0.3 is 0 Å². The summed E-state index contributed by atoms with van der Waals surface area (Å²) in [6.45, 7) is 6.03. The Hall–Kier alpha value is -2.61. The predicted molar refractivity (Wildman–Crippen MR) is 116 cm³/mol. The van der Waals surface area contributed by atoms with Crippen molar-refractivity contribution in [2.24, 2.45) is 0 Å². The van der Waals surface area contributed by atoms with E-state index in [0.717, 1.165) is 11.6 Å². The summed E-state index contributed by atoms with van der Waals surface area (Å²) in [6, 6.07) is 7.88. The largest absolute Gasteiger partial charge is 0.487 e. The number of aryl methyl sites for hydroxylation is 1. The minimum atomic E-state index is -3.82. The number of nitrogens with one attached hydrogen (secondary N) is 2. The second-order valence-corrected chi connectivity index (χ2v) is 9.26. The van der Waals surface area contributed by atoms with Crippen molar-refractivity contribution in [1.29, 1.82) is 0 Å². The molecule has 0 amide bonds. The van der Waals surface area contributed by atoms with E-state index in [1.54, 1.807) is 24.3 Å². The number of hydrogen-bond acceptors (Lipinski definition) is 4. The molecule has 2 aromatic carbocycles. The highest BCUT2D eigenvalue weighted by Crippen LogP contribution is 2.49. The van der Waals surface area contributed by atoms with Gasteiger partial charge in [-0.05, 0) is 38.3 Å². The van der Waals surface area contributed by atoms with Crippen LogP contribution in [0.4, 0.5) is 25.8 Å². The predicted octanol–water partition coefficient (Wildman–Crippen LogP) is 5.66. The molecule has 1 aliphatic carbocycles. The van der Waals surface area contributed by atoms with Crippen molar-refractivity contribution < 1.29 is 21.9 Å². The van der Waals surface area contributed by atoms with Crippen LogP contribution in [0.25, 0.3) is 0 Å². The second kappa shape index (κ2) is 8.63. The molecule has 5 nitrogen and oxygen atoms in total. The maximum absolute atomic E-state index is 14.7. The molecule has 162 valence electrons. The number of hydrogen-bond donors (Lipinski definition) is 2. The summed E-state index contributed by atoms with van der Waals surface area (Å²) in [5, 5.41) is 2.80. The topological polar surface area (TPSA) is 67.4 Å². The molecular weight excluding hydrogens is 410 g/mol. The number of allylic oxidation sites excluding steroid dienone is 1. The van der Waals surface area contributed by atoms with Crippen molar-refractivity contribution in [3.63, 3.8) is 0 Å². The van der Waals surface area contributed by atoms with E-state index in [1.165, 1.54) is 0 Å². The van der Waals surface area contributed by atoms with E-state index in [2.05, 4.69) is 10.0 Å². The van der Waals surface area contributed by atoms with Gasteiger partial charge in [0.2, 0.25) is 10.0 Å². The summed E-state index contributed by atoms with van der Waals surface area (Å²) < 4.78 is 61.9.